The number of rotatable bonds is 4. The number of hydrogen-bond donors (Lipinski definition) is 0. The maximum Gasteiger partial charge on any atom is 0.344 e. The average Bonchev–Trinajstić information content (AvgIpc) is 3.24. The molecule has 28 heavy (non-hydrogen) atoms. The van der Waals surface area contributed by atoms with Gasteiger partial charge in [0.2, 0.25) is 5.90 Å². The lowest BCUT2D eigenvalue weighted by Crippen LogP contribution is -2.15. The molecule has 0 amide bonds. The molecular weight excluding hydrogens is 352 g/mol. The average molecular weight is 368 g/mol. The van der Waals surface area contributed by atoms with E-state index in [9.17, 15) is 4.79 Å². The molecule has 1 heterocycles. The molecule has 0 aliphatic heterocycles. The largest absolute Gasteiger partial charge is 0.402 e. The molecule has 0 spiro atoms. The first-order valence-corrected chi connectivity index (χ1v) is 8.69. The summed E-state index contributed by atoms with van der Waals surface area (Å²) in [4.78, 5) is 13.8. The summed E-state index contributed by atoms with van der Waals surface area (Å²) in [5.41, 5.74) is 2.69. The molecule has 0 fully saturated rings. The van der Waals surface area contributed by atoms with Gasteiger partial charge in [0.15, 0.2) is 0 Å². The third-order valence-electron chi connectivity index (χ3n) is 3.96. The van der Waals surface area contributed by atoms with Crippen LogP contribution in [0.15, 0.2) is 102 Å². The van der Waals surface area contributed by atoms with E-state index in [0.29, 0.717) is 16.8 Å². The molecule has 0 radical (unpaired) electrons. The summed E-state index contributed by atoms with van der Waals surface area (Å²) in [6.45, 7) is 0. The monoisotopic (exact) mass is 368 g/mol. The van der Waals surface area contributed by atoms with Gasteiger partial charge < -0.3 is 4.74 Å². The highest BCUT2D eigenvalue weighted by Crippen LogP contribution is 2.15. The summed E-state index contributed by atoms with van der Waals surface area (Å²) in [5.74, 6) is -0.356. The van der Waals surface area contributed by atoms with Crippen molar-refractivity contribution in [2.75, 3.05) is 0 Å². The number of benzene rings is 3. The highest BCUT2D eigenvalue weighted by molar-refractivity contribution is 6.04. The number of ether oxygens (including phenoxy) is 1. The van der Waals surface area contributed by atoms with E-state index in [1.54, 1.807) is 30.5 Å². The molecular formula is C22H16N4O2. The zero-order valence-electron chi connectivity index (χ0n) is 14.8. The molecule has 0 bridgehead atoms. The minimum atomic E-state index is -0.494. The van der Waals surface area contributed by atoms with Crippen LogP contribution in [0.3, 0.4) is 0 Å². The Hall–Kier alpha value is -4.06. The highest BCUT2D eigenvalue weighted by Gasteiger charge is 2.14. The van der Waals surface area contributed by atoms with Gasteiger partial charge in [-0.05, 0) is 29.5 Å². The Kier molecular flexibility index (Phi) is 5.02. The van der Waals surface area contributed by atoms with Gasteiger partial charge in [-0.25, -0.2) is 4.79 Å². The molecule has 6 heteroatoms. The van der Waals surface area contributed by atoms with E-state index < -0.39 is 5.97 Å². The number of carbonyl (C=O) groups excluding carboxylic acids is 1. The molecule has 0 unspecified atom stereocenters. The van der Waals surface area contributed by atoms with E-state index in [4.69, 9.17) is 4.74 Å². The maximum absolute atomic E-state index is 12.5. The highest BCUT2D eigenvalue weighted by atomic mass is 16.5. The molecule has 4 aromatic rings. The van der Waals surface area contributed by atoms with Crippen LogP contribution in [-0.4, -0.2) is 27.0 Å². The minimum absolute atomic E-state index is 0.138. The summed E-state index contributed by atoms with van der Waals surface area (Å²) in [6, 6.07) is 27.6. The summed E-state index contributed by atoms with van der Waals surface area (Å²) in [6.07, 6.45) is 1.68. The smallest absolute Gasteiger partial charge is 0.344 e. The van der Waals surface area contributed by atoms with Gasteiger partial charge in [-0.15, -0.1) is 15.0 Å². The van der Waals surface area contributed by atoms with Crippen molar-refractivity contribution in [2.45, 2.75) is 0 Å². The first kappa shape index (κ1) is 17.4. The van der Waals surface area contributed by atoms with E-state index in [1.807, 2.05) is 66.7 Å². The van der Waals surface area contributed by atoms with Crippen LogP contribution in [0.1, 0.15) is 15.9 Å². The van der Waals surface area contributed by atoms with Crippen LogP contribution in [0.25, 0.3) is 11.3 Å². The van der Waals surface area contributed by atoms with Crippen molar-refractivity contribution in [2.24, 2.45) is 5.10 Å². The summed E-state index contributed by atoms with van der Waals surface area (Å²) < 4.78 is 5.56. The molecule has 3 aromatic carbocycles. The second-order valence-corrected chi connectivity index (χ2v) is 5.92. The predicted octanol–water partition coefficient (Wildman–Crippen LogP) is 4.01. The molecule has 0 aliphatic carbocycles. The third-order valence-corrected chi connectivity index (χ3v) is 3.96. The Morgan fingerprint density at radius 3 is 2.00 bits per heavy atom. The van der Waals surface area contributed by atoms with E-state index in [2.05, 4.69) is 15.4 Å². The van der Waals surface area contributed by atoms with Crippen LogP contribution < -0.4 is 0 Å². The molecule has 1 aromatic heterocycles. The molecule has 0 saturated heterocycles. The van der Waals surface area contributed by atoms with Gasteiger partial charge in [-0.2, -0.15) is 0 Å². The topological polar surface area (TPSA) is 69.4 Å². The first-order chi connectivity index (χ1) is 13.8. The third kappa shape index (κ3) is 4.02. The summed E-state index contributed by atoms with van der Waals surface area (Å²) in [7, 11) is 0. The lowest BCUT2D eigenvalue weighted by molar-refractivity contribution is 0.0716. The minimum Gasteiger partial charge on any atom is -0.402 e. The lowest BCUT2D eigenvalue weighted by Gasteiger charge is -2.07. The summed E-state index contributed by atoms with van der Waals surface area (Å²) >= 11 is 0. The van der Waals surface area contributed by atoms with Gasteiger partial charge in [0.05, 0.1) is 11.8 Å². The van der Waals surface area contributed by atoms with Crippen molar-refractivity contribution in [3.8, 4) is 11.3 Å². The zero-order valence-corrected chi connectivity index (χ0v) is 14.8. The number of carbonyl (C=O) groups is 1. The van der Waals surface area contributed by atoms with E-state index in [1.165, 1.54) is 4.79 Å². The number of hydrogen-bond acceptors (Lipinski definition) is 5. The van der Waals surface area contributed by atoms with E-state index in [-0.39, 0.29) is 5.90 Å². The van der Waals surface area contributed by atoms with Crippen LogP contribution in [0.5, 0.6) is 0 Å². The maximum atomic E-state index is 12.5. The molecule has 4 rings (SSSR count). The Balaban J connectivity index is 1.66. The van der Waals surface area contributed by atoms with E-state index in [0.717, 1.165) is 5.56 Å². The van der Waals surface area contributed by atoms with Crippen molar-refractivity contribution in [3.05, 3.63) is 108 Å². The number of nitrogens with zero attached hydrogens (tertiary/aromatic N) is 4. The molecule has 0 N–H and O–H groups in total. The fourth-order valence-electron chi connectivity index (χ4n) is 2.58. The van der Waals surface area contributed by atoms with Crippen molar-refractivity contribution < 1.29 is 9.53 Å². The Bertz CT molecular complexity index is 1090. The predicted molar refractivity (Wildman–Crippen MR) is 106 cm³/mol. The standard InChI is InChI=1S/C22H16N4O2/c27-22(19-14-8-3-9-15-19)28-21(18-12-6-2-7-13-18)24-26-16-20(23-25-26)17-10-4-1-5-11-17/h1-16H/b24-21+. The van der Waals surface area contributed by atoms with Gasteiger partial charge in [0.1, 0.15) is 5.69 Å². The van der Waals surface area contributed by atoms with E-state index >= 15 is 0 Å². The first-order valence-electron chi connectivity index (χ1n) is 8.69. The van der Waals surface area contributed by atoms with Crippen molar-refractivity contribution in [1.82, 2.24) is 15.1 Å². The quantitative estimate of drug-likeness (QED) is 0.310. The molecule has 0 aliphatic rings. The second-order valence-electron chi connectivity index (χ2n) is 5.92. The second kappa shape index (κ2) is 8.09. The van der Waals surface area contributed by atoms with Crippen LogP contribution >= 0.6 is 0 Å². The van der Waals surface area contributed by atoms with Gasteiger partial charge >= 0.3 is 5.97 Å². The fourth-order valence-corrected chi connectivity index (χ4v) is 2.58. The lowest BCUT2D eigenvalue weighted by atomic mass is 10.2. The van der Waals surface area contributed by atoms with Gasteiger partial charge in [0, 0.05) is 11.1 Å². The van der Waals surface area contributed by atoms with Crippen LogP contribution in [0.4, 0.5) is 0 Å². The number of esters is 1. The molecule has 0 saturated carbocycles. The normalized spacial score (nSPS) is 11.2. The van der Waals surface area contributed by atoms with Crippen LogP contribution in [-0.2, 0) is 4.74 Å². The molecule has 6 nitrogen and oxygen atoms in total. The Morgan fingerprint density at radius 1 is 0.786 bits per heavy atom. The zero-order chi connectivity index (χ0) is 19.2. The van der Waals surface area contributed by atoms with Gasteiger partial charge in [0.25, 0.3) is 0 Å². The van der Waals surface area contributed by atoms with Gasteiger partial charge in [-0.1, -0.05) is 66.7 Å². The Morgan fingerprint density at radius 2 is 1.36 bits per heavy atom. The number of aromatic nitrogens is 3. The molecule has 0 atom stereocenters. The Labute approximate surface area is 161 Å². The van der Waals surface area contributed by atoms with Crippen molar-refractivity contribution in [1.29, 1.82) is 0 Å². The van der Waals surface area contributed by atoms with Gasteiger partial charge in [-0.3, -0.25) is 0 Å². The van der Waals surface area contributed by atoms with Crippen molar-refractivity contribution >= 4 is 11.9 Å². The fraction of sp³-hybridized carbons (Fsp3) is 0. The molecule has 136 valence electrons. The van der Waals surface area contributed by atoms with Crippen molar-refractivity contribution in [3.63, 3.8) is 0 Å². The summed E-state index contributed by atoms with van der Waals surface area (Å²) in [5, 5.41) is 12.5. The van der Waals surface area contributed by atoms with Crippen LogP contribution in [0.2, 0.25) is 0 Å². The van der Waals surface area contributed by atoms with Crippen LogP contribution in [0, 0.1) is 0 Å². The SMILES string of the molecule is O=C(O/C(=N/n1cc(-c2ccccc2)nn1)c1ccccc1)c1ccccc1.